The Bertz CT molecular complexity index is 172. The van der Waals surface area contributed by atoms with Crippen molar-refractivity contribution in [2.45, 2.75) is 19.6 Å². The van der Waals surface area contributed by atoms with Crippen molar-refractivity contribution in [3.63, 3.8) is 0 Å². The van der Waals surface area contributed by atoms with Crippen LogP contribution < -0.4 is 0 Å². The van der Waals surface area contributed by atoms with Crippen molar-refractivity contribution < 1.29 is 14.3 Å². The molecule has 0 saturated heterocycles. The molecule has 0 amide bonds. The van der Waals surface area contributed by atoms with Crippen LogP contribution in [-0.4, -0.2) is 18.7 Å². The van der Waals surface area contributed by atoms with Gasteiger partial charge in [0.2, 0.25) is 5.79 Å². The highest BCUT2D eigenvalue weighted by atomic mass is 16.7. The van der Waals surface area contributed by atoms with E-state index in [0.29, 0.717) is 6.61 Å². The SMILES string of the molecule is CC1(C)OC=CC(C=O)CO1. The first-order valence-corrected chi connectivity index (χ1v) is 3.58. The van der Waals surface area contributed by atoms with Gasteiger partial charge in [-0.25, -0.2) is 0 Å². The minimum atomic E-state index is -0.603. The predicted octanol–water partition coefficient (Wildman–Crippen LogP) is 1.10. The maximum absolute atomic E-state index is 10.3. The fourth-order valence-electron chi connectivity index (χ4n) is 0.775. The Labute approximate surface area is 66.0 Å². The van der Waals surface area contributed by atoms with Gasteiger partial charge in [-0.2, -0.15) is 0 Å². The van der Waals surface area contributed by atoms with Crippen LogP contribution in [0.25, 0.3) is 0 Å². The predicted molar refractivity (Wildman–Crippen MR) is 39.8 cm³/mol. The third-order valence-electron chi connectivity index (χ3n) is 1.48. The van der Waals surface area contributed by atoms with Gasteiger partial charge >= 0.3 is 0 Å². The van der Waals surface area contributed by atoms with E-state index in [0.717, 1.165) is 6.29 Å². The quantitative estimate of drug-likeness (QED) is 0.533. The number of hydrogen-bond acceptors (Lipinski definition) is 3. The topological polar surface area (TPSA) is 35.5 Å². The van der Waals surface area contributed by atoms with Crippen LogP contribution >= 0.6 is 0 Å². The van der Waals surface area contributed by atoms with E-state index in [1.165, 1.54) is 6.26 Å². The molecule has 1 unspecified atom stereocenters. The van der Waals surface area contributed by atoms with E-state index in [1.54, 1.807) is 6.08 Å². The van der Waals surface area contributed by atoms with E-state index in [2.05, 4.69) is 0 Å². The summed E-state index contributed by atoms with van der Waals surface area (Å²) in [6.07, 6.45) is 4.06. The highest BCUT2D eigenvalue weighted by molar-refractivity contribution is 5.56. The molecular formula is C8H12O3. The zero-order valence-corrected chi connectivity index (χ0v) is 6.74. The minimum Gasteiger partial charge on any atom is -0.471 e. The minimum absolute atomic E-state index is 0.170. The van der Waals surface area contributed by atoms with Crippen molar-refractivity contribution in [2.24, 2.45) is 5.92 Å². The van der Waals surface area contributed by atoms with Gasteiger partial charge in [0.15, 0.2) is 0 Å². The van der Waals surface area contributed by atoms with Gasteiger partial charge in [-0.3, -0.25) is 0 Å². The molecule has 11 heavy (non-hydrogen) atoms. The van der Waals surface area contributed by atoms with Gasteiger partial charge in [-0.05, 0) is 6.08 Å². The summed E-state index contributed by atoms with van der Waals surface area (Å²) < 4.78 is 10.4. The fourth-order valence-corrected chi connectivity index (χ4v) is 0.775. The number of aldehydes is 1. The van der Waals surface area contributed by atoms with E-state index >= 15 is 0 Å². The standard InChI is InChI=1S/C8H12O3/c1-8(2)10-4-3-7(5-9)6-11-8/h3-5,7H,6H2,1-2H3. The van der Waals surface area contributed by atoms with Crippen LogP contribution in [0, 0.1) is 5.92 Å². The molecule has 1 aliphatic rings. The van der Waals surface area contributed by atoms with Gasteiger partial charge < -0.3 is 14.3 Å². The molecule has 62 valence electrons. The van der Waals surface area contributed by atoms with E-state index < -0.39 is 5.79 Å². The molecule has 0 bridgehead atoms. The van der Waals surface area contributed by atoms with Gasteiger partial charge in [0.25, 0.3) is 0 Å². The Morgan fingerprint density at radius 1 is 1.64 bits per heavy atom. The second kappa shape index (κ2) is 3.05. The van der Waals surface area contributed by atoms with Crippen molar-refractivity contribution in [1.82, 2.24) is 0 Å². The lowest BCUT2D eigenvalue weighted by Gasteiger charge is -2.22. The maximum atomic E-state index is 10.3. The Hall–Kier alpha value is -0.830. The summed E-state index contributed by atoms with van der Waals surface area (Å²) >= 11 is 0. The Morgan fingerprint density at radius 2 is 2.36 bits per heavy atom. The third kappa shape index (κ3) is 2.35. The van der Waals surface area contributed by atoms with E-state index in [-0.39, 0.29) is 5.92 Å². The normalized spacial score (nSPS) is 28.7. The smallest absolute Gasteiger partial charge is 0.203 e. The molecule has 0 fully saturated rings. The monoisotopic (exact) mass is 156 g/mol. The van der Waals surface area contributed by atoms with Crippen LogP contribution in [0.15, 0.2) is 12.3 Å². The van der Waals surface area contributed by atoms with Crippen LogP contribution in [-0.2, 0) is 14.3 Å². The van der Waals surface area contributed by atoms with Crippen molar-refractivity contribution in [1.29, 1.82) is 0 Å². The summed E-state index contributed by atoms with van der Waals surface area (Å²) in [6.45, 7) is 4.02. The summed E-state index contributed by atoms with van der Waals surface area (Å²) in [5, 5.41) is 0. The molecule has 0 aromatic rings. The molecule has 0 radical (unpaired) electrons. The number of hydrogen-bond donors (Lipinski definition) is 0. The molecule has 1 rings (SSSR count). The van der Waals surface area contributed by atoms with E-state index in [4.69, 9.17) is 9.47 Å². The molecule has 3 nitrogen and oxygen atoms in total. The first-order valence-electron chi connectivity index (χ1n) is 3.58. The lowest BCUT2D eigenvalue weighted by Crippen LogP contribution is -2.26. The van der Waals surface area contributed by atoms with Crippen LogP contribution in [0.1, 0.15) is 13.8 Å². The molecule has 0 spiro atoms. The average molecular weight is 156 g/mol. The van der Waals surface area contributed by atoms with Gasteiger partial charge in [0.1, 0.15) is 6.29 Å². The molecule has 0 aromatic carbocycles. The van der Waals surface area contributed by atoms with Crippen molar-refractivity contribution in [3.05, 3.63) is 12.3 Å². The number of carbonyl (C=O) groups excluding carboxylic acids is 1. The van der Waals surface area contributed by atoms with Crippen molar-refractivity contribution in [3.8, 4) is 0 Å². The van der Waals surface area contributed by atoms with Crippen LogP contribution in [0.4, 0.5) is 0 Å². The second-order valence-corrected chi connectivity index (χ2v) is 2.96. The fraction of sp³-hybridized carbons (Fsp3) is 0.625. The van der Waals surface area contributed by atoms with Gasteiger partial charge in [-0.1, -0.05) is 0 Å². The molecule has 1 aliphatic heterocycles. The molecule has 1 atom stereocenters. The number of ether oxygens (including phenoxy) is 2. The highest BCUT2D eigenvalue weighted by Gasteiger charge is 2.22. The Morgan fingerprint density at radius 3 is 3.00 bits per heavy atom. The van der Waals surface area contributed by atoms with Gasteiger partial charge in [0, 0.05) is 13.8 Å². The lowest BCUT2D eigenvalue weighted by molar-refractivity contribution is -0.179. The molecule has 3 heteroatoms. The molecule has 0 N–H and O–H groups in total. The lowest BCUT2D eigenvalue weighted by atomic mass is 10.2. The van der Waals surface area contributed by atoms with Crippen molar-refractivity contribution in [2.75, 3.05) is 6.61 Å². The van der Waals surface area contributed by atoms with Gasteiger partial charge in [0.05, 0.1) is 18.8 Å². The molecule has 1 heterocycles. The molecule has 0 aliphatic carbocycles. The largest absolute Gasteiger partial charge is 0.471 e. The number of carbonyl (C=O) groups is 1. The van der Waals surface area contributed by atoms with Crippen LogP contribution in [0.2, 0.25) is 0 Å². The van der Waals surface area contributed by atoms with Crippen LogP contribution in [0.3, 0.4) is 0 Å². The summed E-state index contributed by atoms with van der Waals surface area (Å²) in [5.41, 5.74) is 0. The zero-order chi connectivity index (χ0) is 8.32. The van der Waals surface area contributed by atoms with Crippen LogP contribution in [0.5, 0.6) is 0 Å². The molecular weight excluding hydrogens is 144 g/mol. The first-order chi connectivity index (χ1) is 5.14. The van der Waals surface area contributed by atoms with E-state index in [9.17, 15) is 4.79 Å². The summed E-state index contributed by atoms with van der Waals surface area (Å²) in [4.78, 5) is 10.3. The number of rotatable bonds is 1. The van der Waals surface area contributed by atoms with Gasteiger partial charge in [-0.15, -0.1) is 0 Å². The van der Waals surface area contributed by atoms with E-state index in [1.807, 2.05) is 13.8 Å². The highest BCUT2D eigenvalue weighted by Crippen LogP contribution is 2.17. The van der Waals surface area contributed by atoms with Crippen molar-refractivity contribution >= 4 is 6.29 Å². The summed E-state index contributed by atoms with van der Waals surface area (Å²) in [5.74, 6) is -0.773. The third-order valence-corrected chi connectivity index (χ3v) is 1.48. The molecule has 0 saturated carbocycles. The average Bonchev–Trinajstić information content (AvgIpc) is 2.10. The summed E-state index contributed by atoms with van der Waals surface area (Å²) in [6, 6.07) is 0. The summed E-state index contributed by atoms with van der Waals surface area (Å²) in [7, 11) is 0. The Balaban J connectivity index is 2.57. The Kier molecular flexibility index (Phi) is 2.29. The molecule has 0 aromatic heterocycles. The first kappa shape index (κ1) is 8.27. The zero-order valence-electron chi connectivity index (χ0n) is 6.74. The maximum Gasteiger partial charge on any atom is 0.203 e. The second-order valence-electron chi connectivity index (χ2n) is 2.96.